The van der Waals surface area contributed by atoms with E-state index in [2.05, 4.69) is 5.32 Å². The molecular weight excluding hydrogens is 274 g/mol. The van der Waals surface area contributed by atoms with E-state index in [-0.39, 0.29) is 31.1 Å². The molecular formula is C15H27NO5. The lowest BCUT2D eigenvalue weighted by Crippen LogP contribution is -2.44. The molecule has 0 aliphatic carbocycles. The highest BCUT2D eigenvalue weighted by Crippen LogP contribution is 2.13. The van der Waals surface area contributed by atoms with E-state index in [0.717, 1.165) is 0 Å². The molecule has 1 atom stereocenters. The fourth-order valence-corrected chi connectivity index (χ4v) is 1.73. The predicted octanol–water partition coefficient (Wildman–Crippen LogP) is 2.11. The molecule has 21 heavy (non-hydrogen) atoms. The van der Waals surface area contributed by atoms with Crippen LogP contribution in [-0.4, -0.2) is 34.6 Å². The lowest BCUT2D eigenvalue weighted by Gasteiger charge is -2.25. The third-order valence-electron chi connectivity index (χ3n) is 2.53. The highest BCUT2D eigenvalue weighted by Gasteiger charge is 2.27. The van der Waals surface area contributed by atoms with Crippen LogP contribution in [0.15, 0.2) is 0 Å². The monoisotopic (exact) mass is 301 g/mol. The summed E-state index contributed by atoms with van der Waals surface area (Å²) in [5.41, 5.74) is -0.611. The van der Waals surface area contributed by atoms with Crippen molar-refractivity contribution in [2.45, 2.75) is 71.9 Å². The normalized spacial score (nSPS) is 12.9. The summed E-state index contributed by atoms with van der Waals surface area (Å²) in [5.74, 6) is -1.49. The van der Waals surface area contributed by atoms with E-state index in [1.54, 1.807) is 20.8 Å². The van der Waals surface area contributed by atoms with Gasteiger partial charge in [-0.05, 0) is 39.5 Å². The molecule has 1 unspecified atom stereocenters. The van der Waals surface area contributed by atoms with Crippen LogP contribution in [-0.2, 0) is 19.1 Å². The van der Waals surface area contributed by atoms with Gasteiger partial charge in [0.15, 0.2) is 0 Å². The van der Waals surface area contributed by atoms with Crippen LogP contribution in [0.25, 0.3) is 0 Å². The highest BCUT2D eigenvalue weighted by molar-refractivity contribution is 5.84. The van der Waals surface area contributed by atoms with Gasteiger partial charge in [0.2, 0.25) is 5.91 Å². The van der Waals surface area contributed by atoms with E-state index in [1.165, 1.54) is 0 Å². The minimum atomic E-state index is -0.936. The number of hydrogen-bond donors (Lipinski definition) is 2. The van der Waals surface area contributed by atoms with Gasteiger partial charge in [0, 0.05) is 12.8 Å². The van der Waals surface area contributed by atoms with Crippen LogP contribution in [0.4, 0.5) is 0 Å². The van der Waals surface area contributed by atoms with Gasteiger partial charge in [-0.2, -0.15) is 0 Å². The number of ether oxygens (including phenoxy) is 1. The van der Waals surface area contributed by atoms with Crippen molar-refractivity contribution in [2.24, 2.45) is 5.92 Å². The maximum atomic E-state index is 12.1. The van der Waals surface area contributed by atoms with Crippen LogP contribution in [0.3, 0.4) is 0 Å². The minimum Gasteiger partial charge on any atom is -0.481 e. The number of carboxylic acid groups (broad SMARTS) is 1. The second-order valence-corrected chi connectivity index (χ2v) is 6.53. The van der Waals surface area contributed by atoms with E-state index >= 15 is 0 Å². The minimum absolute atomic E-state index is 0.0608. The van der Waals surface area contributed by atoms with Gasteiger partial charge in [-0.15, -0.1) is 0 Å². The largest absolute Gasteiger partial charge is 0.481 e. The number of amides is 1. The molecule has 0 fully saturated rings. The zero-order valence-corrected chi connectivity index (χ0v) is 13.6. The maximum absolute atomic E-state index is 12.1. The van der Waals surface area contributed by atoms with Crippen molar-refractivity contribution in [3.63, 3.8) is 0 Å². The van der Waals surface area contributed by atoms with Gasteiger partial charge in [0.25, 0.3) is 0 Å². The smallest absolute Gasteiger partial charge is 0.329 e. The molecule has 0 heterocycles. The molecule has 0 aromatic rings. The maximum Gasteiger partial charge on any atom is 0.329 e. The number of hydrogen-bond acceptors (Lipinski definition) is 4. The SMILES string of the molecule is CC(C)CC(NC(=O)CCCC(=O)O)C(=O)OC(C)(C)C. The predicted molar refractivity (Wildman–Crippen MR) is 78.7 cm³/mol. The molecule has 0 saturated heterocycles. The summed E-state index contributed by atoms with van der Waals surface area (Å²) in [6.45, 7) is 9.21. The van der Waals surface area contributed by atoms with Crippen molar-refractivity contribution >= 4 is 17.8 Å². The Morgan fingerprint density at radius 1 is 1.14 bits per heavy atom. The second kappa shape index (κ2) is 8.64. The van der Waals surface area contributed by atoms with Gasteiger partial charge in [-0.1, -0.05) is 13.8 Å². The first-order chi connectivity index (χ1) is 9.51. The summed E-state index contributed by atoms with van der Waals surface area (Å²) in [6.07, 6.45) is 0.766. The van der Waals surface area contributed by atoms with E-state index in [1.807, 2.05) is 13.8 Å². The number of carbonyl (C=O) groups is 3. The number of carbonyl (C=O) groups excluding carboxylic acids is 2. The van der Waals surface area contributed by atoms with Crippen LogP contribution in [0.1, 0.15) is 60.3 Å². The number of esters is 1. The molecule has 2 N–H and O–H groups in total. The standard InChI is InChI=1S/C15H27NO5/c1-10(2)9-11(14(20)21-15(3,4)5)16-12(17)7-6-8-13(18)19/h10-11H,6-9H2,1-5H3,(H,16,17)(H,18,19). The van der Waals surface area contributed by atoms with Crippen LogP contribution in [0, 0.1) is 5.92 Å². The van der Waals surface area contributed by atoms with Gasteiger partial charge >= 0.3 is 11.9 Å². The van der Waals surface area contributed by atoms with Crippen molar-refractivity contribution in [3.05, 3.63) is 0 Å². The quantitative estimate of drug-likeness (QED) is 0.670. The average molecular weight is 301 g/mol. The van der Waals surface area contributed by atoms with Gasteiger partial charge in [-0.3, -0.25) is 9.59 Å². The Hall–Kier alpha value is -1.59. The van der Waals surface area contributed by atoms with Crippen LogP contribution in [0.5, 0.6) is 0 Å². The van der Waals surface area contributed by atoms with E-state index in [0.29, 0.717) is 6.42 Å². The van der Waals surface area contributed by atoms with Crippen molar-refractivity contribution in [1.29, 1.82) is 0 Å². The molecule has 0 spiro atoms. The number of aliphatic carboxylic acids is 1. The summed E-state index contributed by atoms with van der Waals surface area (Å²) in [4.78, 5) is 34.3. The first kappa shape index (κ1) is 19.4. The Balaban J connectivity index is 4.51. The molecule has 0 aromatic heterocycles. The molecule has 122 valence electrons. The summed E-state index contributed by atoms with van der Waals surface area (Å²) in [5, 5.41) is 11.2. The van der Waals surface area contributed by atoms with Crippen molar-refractivity contribution < 1.29 is 24.2 Å². The Morgan fingerprint density at radius 2 is 1.71 bits per heavy atom. The summed E-state index contributed by atoms with van der Waals surface area (Å²) < 4.78 is 5.30. The van der Waals surface area contributed by atoms with Gasteiger partial charge in [-0.25, -0.2) is 4.79 Å². The first-order valence-electron chi connectivity index (χ1n) is 7.25. The molecule has 0 radical (unpaired) electrons. The summed E-state index contributed by atoms with van der Waals surface area (Å²) >= 11 is 0. The molecule has 0 aromatic carbocycles. The molecule has 0 aliphatic rings. The topological polar surface area (TPSA) is 92.7 Å². The molecule has 6 heteroatoms. The number of carboxylic acids is 1. The van der Waals surface area contributed by atoms with E-state index in [9.17, 15) is 14.4 Å². The molecule has 0 bridgehead atoms. The Morgan fingerprint density at radius 3 is 2.14 bits per heavy atom. The fraction of sp³-hybridized carbons (Fsp3) is 0.800. The Kier molecular flexibility index (Phi) is 7.99. The lowest BCUT2D eigenvalue weighted by atomic mass is 10.0. The van der Waals surface area contributed by atoms with Crippen molar-refractivity contribution in [3.8, 4) is 0 Å². The molecule has 0 rings (SSSR count). The zero-order valence-electron chi connectivity index (χ0n) is 13.6. The molecule has 1 amide bonds. The van der Waals surface area contributed by atoms with E-state index < -0.39 is 23.6 Å². The second-order valence-electron chi connectivity index (χ2n) is 6.53. The number of nitrogens with one attached hydrogen (secondary N) is 1. The molecule has 0 aliphatic heterocycles. The third-order valence-corrected chi connectivity index (χ3v) is 2.53. The van der Waals surface area contributed by atoms with Crippen LogP contribution < -0.4 is 5.32 Å². The summed E-state index contributed by atoms with van der Waals surface area (Å²) in [7, 11) is 0. The van der Waals surface area contributed by atoms with Crippen LogP contribution >= 0.6 is 0 Å². The Labute approximate surface area is 126 Å². The van der Waals surface area contributed by atoms with Gasteiger partial charge in [0.1, 0.15) is 11.6 Å². The van der Waals surface area contributed by atoms with Crippen LogP contribution in [0.2, 0.25) is 0 Å². The van der Waals surface area contributed by atoms with Gasteiger partial charge < -0.3 is 15.2 Å². The fourth-order valence-electron chi connectivity index (χ4n) is 1.73. The highest BCUT2D eigenvalue weighted by atomic mass is 16.6. The zero-order chi connectivity index (χ0) is 16.6. The average Bonchev–Trinajstić information content (AvgIpc) is 2.24. The molecule has 6 nitrogen and oxygen atoms in total. The van der Waals surface area contributed by atoms with E-state index in [4.69, 9.17) is 9.84 Å². The van der Waals surface area contributed by atoms with Crippen molar-refractivity contribution in [1.82, 2.24) is 5.32 Å². The number of rotatable bonds is 8. The Bertz CT molecular complexity index is 371. The third kappa shape index (κ3) is 10.8. The van der Waals surface area contributed by atoms with Crippen molar-refractivity contribution in [2.75, 3.05) is 0 Å². The summed E-state index contributed by atoms with van der Waals surface area (Å²) in [6, 6.07) is -0.693. The lowest BCUT2D eigenvalue weighted by molar-refractivity contribution is -0.159. The molecule has 0 saturated carbocycles. The van der Waals surface area contributed by atoms with Gasteiger partial charge in [0.05, 0.1) is 0 Å². The first-order valence-corrected chi connectivity index (χ1v) is 7.25.